The van der Waals surface area contributed by atoms with E-state index in [1.165, 1.54) is 47.5 Å². The zero-order valence-electron chi connectivity index (χ0n) is 22.2. The minimum Gasteiger partial charge on any atom is -0.465 e. The molecule has 1 N–H and O–H groups in total. The molecule has 0 bridgehead atoms. The number of methoxy groups -OCH3 is 1. The summed E-state index contributed by atoms with van der Waals surface area (Å²) in [6, 6.07) is 22.0. The van der Waals surface area contributed by atoms with Gasteiger partial charge in [0.15, 0.2) is 0 Å². The molecule has 0 aliphatic rings. The molecule has 210 valence electrons. The van der Waals surface area contributed by atoms with Crippen LogP contribution in [0.15, 0.2) is 89.8 Å². The Morgan fingerprint density at radius 1 is 0.976 bits per heavy atom. The van der Waals surface area contributed by atoms with E-state index in [1.807, 2.05) is 28.7 Å². The fourth-order valence-corrected chi connectivity index (χ4v) is 7.64. The Balaban J connectivity index is 1.72. The number of aliphatic hydroxyl groups is 1. The van der Waals surface area contributed by atoms with Crippen molar-refractivity contribution >= 4 is 61.1 Å². The fourth-order valence-electron chi connectivity index (χ4n) is 4.66. The maximum atomic E-state index is 14.3. The van der Waals surface area contributed by atoms with Crippen LogP contribution in [0, 0.1) is 9.39 Å². The van der Waals surface area contributed by atoms with Crippen molar-refractivity contribution in [2.24, 2.45) is 0 Å². The highest BCUT2D eigenvalue weighted by Crippen LogP contribution is 2.40. The highest BCUT2D eigenvalue weighted by Gasteiger charge is 2.28. The summed E-state index contributed by atoms with van der Waals surface area (Å²) in [5, 5.41) is 11.1. The second-order valence-corrected chi connectivity index (χ2v) is 13.2. The van der Waals surface area contributed by atoms with Crippen LogP contribution >= 0.6 is 34.2 Å². The predicted molar refractivity (Wildman–Crippen MR) is 166 cm³/mol. The van der Waals surface area contributed by atoms with Gasteiger partial charge in [-0.05, 0) is 96.1 Å². The Morgan fingerprint density at radius 3 is 2.29 bits per heavy atom. The molecule has 0 spiro atoms. The maximum Gasteiger partial charge on any atom is 0.337 e. The molecule has 1 aromatic heterocycles. The lowest BCUT2D eigenvalue weighted by Crippen LogP contribution is -2.17. The number of nitrogens with zero attached hydrogens (tertiary/aromatic N) is 1. The molecule has 1 heterocycles. The van der Waals surface area contributed by atoms with Gasteiger partial charge in [0.1, 0.15) is 5.82 Å². The smallest absolute Gasteiger partial charge is 0.337 e. The average Bonchev–Trinajstić information content (AvgIpc) is 3.24. The van der Waals surface area contributed by atoms with E-state index >= 15 is 0 Å². The zero-order chi connectivity index (χ0) is 29.7. The van der Waals surface area contributed by atoms with Crippen LogP contribution in [0.5, 0.6) is 0 Å². The number of hydrogen-bond acceptors (Lipinski definition) is 5. The van der Waals surface area contributed by atoms with Gasteiger partial charge in [-0.2, -0.15) is 0 Å². The summed E-state index contributed by atoms with van der Waals surface area (Å²) in [5.41, 5.74) is 2.30. The predicted octanol–water partition coefficient (Wildman–Crippen LogP) is 7.62. The third-order valence-electron chi connectivity index (χ3n) is 6.76. The topological polar surface area (TPSA) is 85.6 Å². The summed E-state index contributed by atoms with van der Waals surface area (Å²) in [4.78, 5) is 12.0. The number of carbonyl (C=O) groups is 1. The summed E-state index contributed by atoms with van der Waals surface area (Å²) < 4.78 is 49.3. The first-order valence-corrected chi connectivity index (χ1v) is 15.3. The van der Waals surface area contributed by atoms with Gasteiger partial charge in [0.05, 0.1) is 34.4 Å². The average molecular weight is 704 g/mol. The quantitative estimate of drug-likeness (QED) is 0.145. The Labute approximate surface area is 255 Å². The van der Waals surface area contributed by atoms with Gasteiger partial charge in [0.25, 0.3) is 10.0 Å². The molecule has 5 aromatic rings. The Kier molecular flexibility index (Phi) is 7.75. The SMILES string of the molecule is COC(=O)c1ccc(-c2cccc(-c3c(I)c4cc(F)ccc4n3S(=O)(=O)c3ccc(C(C)(C)O)cc3)c2)c(Cl)c1. The Morgan fingerprint density at radius 2 is 1.66 bits per heavy atom. The van der Waals surface area contributed by atoms with Gasteiger partial charge in [0, 0.05) is 25.1 Å². The van der Waals surface area contributed by atoms with Gasteiger partial charge in [-0.1, -0.05) is 48.0 Å². The molecule has 0 aliphatic heterocycles. The van der Waals surface area contributed by atoms with Gasteiger partial charge in [-0.15, -0.1) is 0 Å². The summed E-state index contributed by atoms with van der Waals surface area (Å²) >= 11 is 8.58. The number of hydrogen-bond donors (Lipinski definition) is 1. The van der Waals surface area contributed by atoms with Crippen molar-refractivity contribution < 1.29 is 27.4 Å². The molecule has 6 nitrogen and oxygen atoms in total. The molecule has 0 aliphatic carbocycles. The third kappa shape index (κ3) is 5.39. The number of aromatic nitrogens is 1. The first kappa shape index (κ1) is 29.2. The van der Waals surface area contributed by atoms with E-state index in [2.05, 4.69) is 0 Å². The number of carbonyl (C=O) groups excluding carboxylic acids is 1. The number of esters is 1. The second kappa shape index (κ2) is 10.9. The van der Waals surface area contributed by atoms with Crippen molar-refractivity contribution in [2.45, 2.75) is 24.3 Å². The molecule has 0 amide bonds. The van der Waals surface area contributed by atoms with Crippen molar-refractivity contribution in [3.63, 3.8) is 0 Å². The first-order valence-electron chi connectivity index (χ1n) is 12.4. The van der Waals surface area contributed by atoms with Crippen molar-refractivity contribution in [3.8, 4) is 22.4 Å². The molecule has 0 fully saturated rings. The van der Waals surface area contributed by atoms with Gasteiger partial charge in [0.2, 0.25) is 0 Å². The normalized spacial score (nSPS) is 12.1. The Hall–Kier alpha value is -3.25. The molecule has 0 saturated heterocycles. The van der Waals surface area contributed by atoms with Crippen molar-refractivity contribution in [1.82, 2.24) is 3.97 Å². The summed E-state index contributed by atoms with van der Waals surface area (Å²) in [5.74, 6) is -1.00. The largest absolute Gasteiger partial charge is 0.465 e. The van der Waals surface area contributed by atoms with Crippen LogP contribution in [0.4, 0.5) is 4.39 Å². The van der Waals surface area contributed by atoms with Crippen LogP contribution in [0.2, 0.25) is 5.02 Å². The highest BCUT2D eigenvalue weighted by atomic mass is 127. The second-order valence-electron chi connectivity index (χ2n) is 9.94. The van der Waals surface area contributed by atoms with Crippen LogP contribution in [0.25, 0.3) is 33.3 Å². The summed E-state index contributed by atoms with van der Waals surface area (Å²) in [7, 11) is -2.88. The monoisotopic (exact) mass is 703 g/mol. The van der Waals surface area contributed by atoms with Gasteiger partial charge >= 0.3 is 5.97 Å². The van der Waals surface area contributed by atoms with Gasteiger partial charge in [-0.3, -0.25) is 0 Å². The molecule has 0 saturated carbocycles. The Bertz CT molecular complexity index is 1930. The van der Waals surface area contributed by atoms with Crippen LogP contribution in [0.3, 0.4) is 0 Å². The lowest BCUT2D eigenvalue weighted by Gasteiger charge is -2.18. The van der Waals surface area contributed by atoms with E-state index in [0.717, 1.165) is 0 Å². The van der Waals surface area contributed by atoms with Gasteiger partial charge < -0.3 is 9.84 Å². The molecular formula is C31H24ClFINO5S. The third-order valence-corrected chi connectivity index (χ3v) is 9.89. The number of ether oxygens (including phenoxy) is 1. The zero-order valence-corrected chi connectivity index (χ0v) is 25.9. The standard InChI is InChI=1S/C31H24ClFINO5S/c1-31(2,37)21-8-11-23(12-9-21)41(38,39)35-27-14-10-22(33)17-25(27)28(34)29(35)19-6-4-5-18(15-19)24-13-7-20(16-26(24)32)30(36)40-3/h4-17,37H,1-3H3. The first-order chi connectivity index (χ1) is 19.3. The molecule has 0 unspecified atom stereocenters. The van der Waals surface area contributed by atoms with E-state index in [4.69, 9.17) is 16.3 Å². The van der Waals surface area contributed by atoms with Crippen LogP contribution in [-0.4, -0.2) is 30.6 Å². The van der Waals surface area contributed by atoms with Crippen LogP contribution in [0.1, 0.15) is 29.8 Å². The number of halogens is 3. The summed E-state index contributed by atoms with van der Waals surface area (Å²) in [6.45, 7) is 3.24. The molecular weight excluding hydrogens is 680 g/mol. The number of fused-ring (bicyclic) bond motifs is 1. The maximum absolute atomic E-state index is 14.3. The van der Waals surface area contributed by atoms with Crippen molar-refractivity contribution in [2.75, 3.05) is 7.11 Å². The minimum absolute atomic E-state index is 0.0157. The van der Waals surface area contributed by atoms with E-state index in [9.17, 15) is 22.7 Å². The minimum atomic E-state index is -4.17. The number of rotatable bonds is 6. The molecule has 0 radical (unpaired) electrons. The molecule has 0 atom stereocenters. The van der Waals surface area contributed by atoms with Crippen molar-refractivity contribution in [1.29, 1.82) is 0 Å². The lowest BCUT2D eigenvalue weighted by atomic mass is 9.99. The lowest BCUT2D eigenvalue weighted by molar-refractivity contribution is 0.0600. The van der Waals surface area contributed by atoms with Crippen LogP contribution in [-0.2, 0) is 20.4 Å². The molecule has 41 heavy (non-hydrogen) atoms. The van der Waals surface area contributed by atoms with Crippen molar-refractivity contribution in [3.05, 3.63) is 110 Å². The van der Waals surface area contributed by atoms with E-state index in [0.29, 0.717) is 53.0 Å². The molecule has 5 rings (SSSR count). The summed E-state index contributed by atoms with van der Waals surface area (Å²) in [6.07, 6.45) is 0. The highest BCUT2D eigenvalue weighted by molar-refractivity contribution is 14.1. The van der Waals surface area contributed by atoms with E-state index in [1.54, 1.807) is 56.3 Å². The molecule has 10 heteroatoms. The number of benzene rings is 4. The molecule has 4 aromatic carbocycles. The fraction of sp³-hybridized carbons (Fsp3) is 0.129. The van der Waals surface area contributed by atoms with E-state index in [-0.39, 0.29) is 4.90 Å². The van der Waals surface area contributed by atoms with Gasteiger partial charge in [-0.25, -0.2) is 21.6 Å². The van der Waals surface area contributed by atoms with Crippen LogP contribution < -0.4 is 0 Å². The van der Waals surface area contributed by atoms with E-state index < -0.39 is 27.4 Å².